The van der Waals surface area contributed by atoms with Crippen molar-refractivity contribution < 1.29 is 9.53 Å². The van der Waals surface area contributed by atoms with Crippen molar-refractivity contribution in [3.63, 3.8) is 0 Å². The van der Waals surface area contributed by atoms with Crippen molar-refractivity contribution in [3.8, 4) is 0 Å². The summed E-state index contributed by atoms with van der Waals surface area (Å²) in [5.41, 5.74) is -0.405. The van der Waals surface area contributed by atoms with Gasteiger partial charge in [0.15, 0.2) is 0 Å². The van der Waals surface area contributed by atoms with Crippen LogP contribution in [0.4, 0.5) is 4.79 Å². The second-order valence-corrected chi connectivity index (χ2v) is 10.8. The Morgan fingerprint density at radius 2 is 1.39 bits per heavy atom. The molecule has 0 spiro atoms. The van der Waals surface area contributed by atoms with Crippen molar-refractivity contribution in [1.29, 1.82) is 0 Å². The summed E-state index contributed by atoms with van der Waals surface area (Å²) in [6.45, 7) is 22.1. The number of carbonyl (C=O) groups is 1. The number of fused-ring (bicyclic) bond motifs is 2. The topological polar surface area (TPSA) is 39.3 Å². The van der Waals surface area contributed by atoms with E-state index in [0.29, 0.717) is 17.9 Å². The van der Waals surface area contributed by atoms with Crippen molar-refractivity contribution in [3.05, 3.63) is 0 Å². The molecule has 4 fully saturated rings. The molecular weight excluding hydrogens is 352 g/mol. The molecule has 4 aliphatic heterocycles. The summed E-state index contributed by atoms with van der Waals surface area (Å²) in [5, 5.41) is 0. The van der Waals surface area contributed by atoms with Gasteiger partial charge < -0.3 is 19.4 Å². The Labute approximate surface area is 171 Å². The molecule has 28 heavy (non-hydrogen) atoms. The van der Waals surface area contributed by atoms with E-state index in [1.165, 1.54) is 39.3 Å². The van der Waals surface area contributed by atoms with Crippen molar-refractivity contribution in [2.75, 3.05) is 65.4 Å². The molecular formula is C22H40N4O2. The fourth-order valence-corrected chi connectivity index (χ4v) is 5.95. The lowest BCUT2D eigenvalue weighted by Crippen LogP contribution is -2.43. The molecule has 0 N–H and O–H groups in total. The zero-order valence-corrected chi connectivity index (χ0v) is 18.6. The average Bonchev–Trinajstić information content (AvgIpc) is 3.30. The molecule has 0 aliphatic carbocycles. The fraction of sp³-hybridized carbons (Fsp3) is 0.955. The number of carbonyl (C=O) groups excluding carboxylic acids is 1. The Morgan fingerprint density at radius 3 is 1.89 bits per heavy atom. The Kier molecular flexibility index (Phi) is 5.66. The molecule has 6 nitrogen and oxygen atoms in total. The van der Waals surface area contributed by atoms with Crippen LogP contribution in [0.3, 0.4) is 0 Å². The predicted octanol–water partition coefficient (Wildman–Crippen LogP) is 2.06. The SMILES string of the molecule is CCN1C[C@@H]2CN(CC(C)N3C[C@H]4CN(C(=O)OC(C)(C)C)C[C@H]4C3)C[C@@H]2C1. The second-order valence-electron chi connectivity index (χ2n) is 10.8. The lowest BCUT2D eigenvalue weighted by Gasteiger charge is -2.31. The number of amides is 1. The van der Waals surface area contributed by atoms with Crippen LogP contribution in [0.15, 0.2) is 0 Å². The first kappa shape index (κ1) is 20.4. The normalized spacial score (nSPS) is 35.4. The highest BCUT2D eigenvalue weighted by Crippen LogP contribution is 2.34. The van der Waals surface area contributed by atoms with Gasteiger partial charge in [0, 0.05) is 64.9 Å². The summed E-state index contributed by atoms with van der Waals surface area (Å²) >= 11 is 0. The van der Waals surface area contributed by atoms with E-state index < -0.39 is 5.60 Å². The highest BCUT2D eigenvalue weighted by Gasteiger charge is 2.45. The van der Waals surface area contributed by atoms with Crippen LogP contribution in [0.25, 0.3) is 0 Å². The van der Waals surface area contributed by atoms with Crippen LogP contribution in [-0.2, 0) is 4.74 Å². The summed E-state index contributed by atoms with van der Waals surface area (Å²) in [7, 11) is 0. The number of hydrogen-bond acceptors (Lipinski definition) is 5. The lowest BCUT2D eigenvalue weighted by atomic mass is 10.0. The van der Waals surface area contributed by atoms with E-state index in [0.717, 1.165) is 38.0 Å². The maximum atomic E-state index is 12.4. The van der Waals surface area contributed by atoms with Gasteiger partial charge in [0.25, 0.3) is 0 Å². The van der Waals surface area contributed by atoms with Gasteiger partial charge >= 0.3 is 6.09 Å². The van der Waals surface area contributed by atoms with E-state index in [-0.39, 0.29) is 6.09 Å². The molecule has 4 rings (SSSR count). The molecule has 1 amide bonds. The molecule has 4 heterocycles. The molecule has 160 valence electrons. The first-order chi connectivity index (χ1) is 13.2. The Morgan fingerprint density at radius 1 is 0.893 bits per heavy atom. The van der Waals surface area contributed by atoms with E-state index >= 15 is 0 Å². The van der Waals surface area contributed by atoms with Gasteiger partial charge in [0.2, 0.25) is 0 Å². The van der Waals surface area contributed by atoms with E-state index in [1.807, 2.05) is 25.7 Å². The van der Waals surface area contributed by atoms with Gasteiger partial charge in [-0.1, -0.05) is 6.92 Å². The molecule has 0 aromatic carbocycles. The van der Waals surface area contributed by atoms with Crippen LogP contribution >= 0.6 is 0 Å². The standard InChI is InChI=1S/C22H40N4O2/c1-6-23-8-17-10-24(11-18(17)9-23)7-16(2)25-12-19-14-26(15-20(19)13-25)21(27)28-22(3,4)5/h16-20H,6-15H2,1-5H3/t16?,17-,18+,19-,20+. The molecule has 0 aromatic heterocycles. The third-order valence-electron chi connectivity index (χ3n) is 7.40. The van der Waals surface area contributed by atoms with Crippen LogP contribution in [0.5, 0.6) is 0 Å². The zero-order chi connectivity index (χ0) is 20.1. The third kappa shape index (κ3) is 4.34. The number of nitrogens with zero attached hydrogens (tertiary/aromatic N) is 4. The summed E-state index contributed by atoms with van der Waals surface area (Å²) < 4.78 is 5.56. The average molecular weight is 393 g/mol. The van der Waals surface area contributed by atoms with Gasteiger partial charge in [-0.05, 0) is 57.9 Å². The zero-order valence-electron chi connectivity index (χ0n) is 18.6. The van der Waals surface area contributed by atoms with Crippen LogP contribution < -0.4 is 0 Å². The van der Waals surface area contributed by atoms with Crippen molar-refractivity contribution in [1.82, 2.24) is 19.6 Å². The summed E-state index contributed by atoms with van der Waals surface area (Å²) in [5.74, 6) is 3.03. The van der Waals surface area contributed by atoms with Gasteiger partial charge in [-0.3, -0.25) is 4.90 Å². The molecule has 1 unspecified atom stereocenters. The maximum absolute atomic E-state index is 12.4. The van der Waals surface area contributed by atoms with Gasteiger partial charge in [0.1, 0.15) is 5.60 Å². The van der Waals surface area contributed by atoms with Gasteiger partial charge in [0.05, 0.1) is 0 Å². The quantitative estimate of drug-likeness (QED) is 0.732. The number of likely N-dealkylation sites (tertiary alicyclic amines) is 4. The largest absolute Gasteiger partial charge is 0.444 e. The highest BCUT2D eigenvalue weighted by molar-refractivity contribution is 5.68. The smallest absolute Gasteiger partial charge is 0.410 e. The molecule has 5 atom stereocenters. The first-order valence-electron chi connectivity index (χ1n) is 11.4. The molecule has 0 radical (unpaired) electrons. The Balaban J connectivity index is 1.22. The molecule has 0 saturated carbocycles. The van der Waals surface area contributed by atoms with Crippen LogP contribution in [-0.4, -0.2) is 103 Å². The van der Waals surface area contributed by atoms with E-state index in [1.54, 1.807) is 0 Å². The Hall–Kier alpha value is -0.850. The third-order valence-corrected chi connectivity index (χ3v) is 7.40. The number of rotatable bonds is 4. The molecule has 0 aromatic rings. The first-order valence-corrected chi connectivity index (χ1v) is 11.4. The minimum atomic E-state index is -0.405. The monoisotopic (exact) mass is 392 g/mol. The van der Waals surface area contributed by atoms with Crippen LogP contribution in [0, 0.1) is 23.7 Å². The van der Waals surface area contributed by atoms with Gasteiger partial charge in [-0.2, -0.15) is 0 Å². The van der Waals surface area contributed by atoms with Crippen LogP contribution in [0.1, 0.15) is 34.6 Å². The van der Waals surface area contributed by atoms with Crippen molar-refractivity contribution in [2.24, 2.45) is 23.7 Å². The Bertz CT molecular complexity index is 549. The summed E-state index contributed by atoms with van der Waals surface area (Å²) in [4.78, 5) is 22.3. The van der Waals surface area contributed by atoms with Gasteiger partial charge in [-0.25, -0.2) is 4.79 Å². The highest BCUT2D eigenvalue weighted by atomic mass is 16.6. The molecule has 4 saturated heterocycles. The number of hydrogen-bond donors (Lipinski definition) is 0. The van der Waals surface area contributed by atoms with E-state index in [4.69, 9.17) is 4.74 Å². The maximum Gasteiger partial charge on any atom is 0.410 e. The molecule has 4 aliphatic rings. The molecule has 6 heteroatoms. The molecule has 0 bridgehead atoms. The predicted molar refractivity (Wildman–Crippen MR) is 111 cm³/mol. The summed E-state index contributed by atoms with van der Waals surface area (Å²) in [6, 6.07) is 0.613. The minimum absolute atomic E-state index is 0.133. The van der Waals surface area contributed by atoms with Crippen LogP contribution in [0.2, 0.25) is 0 Å². The lowest BCUT2D eigenvalue weighted by molar-refractivity contribution is 0.0270. The summed E-state index contributed by atoms with van der Waals surface area (Å²) in [6.07, 6.45) is -0.133. The minimum Gasteiger partial charge on any atom is -0.444 e. The van der Waals surface area contributed by atoms with Crippen molar-refractivity contribution in [2.45, 2.75) is 46.3 Å². The van der Waals surface area contributed by atoms with E-state index in [9.17, 15) is 4.79 Å². The van der Waals surface area contributed by atoms with Crippen molar-refractivity contribution >= 4 is 6.09 Å². The fourth-order valence-electron chi connectivity index (χ4n) is 5.95. The van der Waals surface area contributed by atoms with E-state index in [2.05, 4.69) is 28.5 Å². The van der Waals surface area contributed by atoms with Gasteiger partial charge in [-0.15, -0.1) is 0 Å². The number of ether oxygens (including phenoxy) is 1. The second kappa shape index (κ2) is 7.77.